The zero-order chi connectivity index (χ0) is 40.7. The molecule has 55 heavy (non-hydrogen) atoms. The molecule has 324 valence electrons. The van der Waals surface area contributed by atoms with E-state index < -0.39 is 11.9 Å². The van der Waals surface area contributed by atoms with Gasteiger partial charge in [0.25, 0.3) is 0 Å². The summed E-state index contributed by atoms with van der Waals surface area (Å²) >= 11 is 0. The maximum atomic E-state index is 11.1. The Kier molecular flexibility index (Phi) is 48.9. The monoisotopic (exact) mass is 805 g/mol. The minimum absolute atomic E-state index is 0. The standard InChI is InChI=1S/2C24H49NO2.Ca/c2*1-5-7-9-11-13-15-17-22(3)19-25(21-24(26)27)20-23(4)18-16-14-12-10-8-6-2;/h2*22-23H,5-21H2,1-4H3,(H,26,27);/q;;+2/p-2. The van der Waals surface area contributed by atoms with E-state index in [1.54, 1.807) is 0 Å². The summed E-state index contributed by atoms with van der Waals surface area (Å²) in [5, 5.41) is 22.3. The third-order valence-corrected chi connectivity index (χ3v) is 11.2. The summed E-state index contributed by atoms with van der Waals surface area (Å²) < 4.78 is 0. The van der Waals surface area contributed by atoms with Crippen LogP contribution in [0.25, 0.3) is 0 Å². The van der Waals surface area contributed by atoms with Gasteiger partial charge in [-0.15, -0.1) is 0 Å². The number of carbonyl (C=O) groups excluding carboxylic acids is 2. The minimum atomic E-state index is -0.937. The molecule has 0 amide bonds. The van der Waals surface area contributed by atoms with Gasteiger partial charge in [0.15, 0.2) is 0 Å². The maximum absolute atomic E-state index is 11.1. The van der Waals surface area contributed by atoms with E-state index in [-0.39, 0.29) is 50.8 Å². The molecule has 0 rings (SSSR count). The van der Waals surface area contributed by atoms with Crippen molar-refractivity contribution in [3.8, 4) is 0 Å². The van der Waals surface area contributed by atoms with Gasteiger partial charge in [-0.25, -0.2) is 0 Å². The number of nitrogens with zero attached hydrogens (tertiary/aromatic N) is 2. The van der Waals surface area contributed by atoms with Crippen molar-refractivity contribution in [1.82, 2.24) is 9.80 Å². The van der Waals surface area contributed by atoms with Crippen LogP contribution < -0.4 is 10.2 Å². The largest absolute Gasteiger partial charge is 2.00 e. The molecule has 0 radical (unpaired) electrons. The quantitative estimate of drug-likeness (QED) is 0.0453. The summed E-state index contributed by atoms with van der Waals surface area (Å²) in [6, 6.07) is 0. The summed E-state index contributed by atoms with van der Waals surface area (Å²) in [4.78, 5) is 26.5. The number of carbonyl (C=O) groups is 2. The van der Waals surface area contributed by atoms with E-state index in [0.717, 1.165) is 26.2 Å². The second kappa shape index (κ2) is 45.2. The first-order chi connectivity index (χ1) is 26.0. The summed E-state index contributed by atoms with van der Waals surface area (Å²) in [5.41, 5.74) is 0. The van der Waals surface area contributed by atoms with Crippen molar-refractivity contribution in [2.75, 3.05) is 39.3 Å². The average Bonchev–Trinajstić information content (AvgIpc) is 3.10. The second-order valence-corrected chi connectivity index (χ2v) is 17.8. The summed E-state index contributed by atoms with van der Waals surface area (Å²) in [6.45, 7) is 21.8. The fraction of sp³-hybridized carbons (Fsp3) is 0.958. The smallest absolute Gasteiger partial charge is 0.549 e. The molecule has 0 bridgehead atoms. The number of rotatable bonds is 40. The SMILES string of the molecule is CCCCCCCCC(C)CN(CC(=O)[O-])CC(C)CCCCCCCC.CCCCCCCCC(C)CN(CC(=O)[O-])CC(C)CCCCCCCC.[Ca+2]. The van der Waals surface area contributed by atoms with E-state index in [4.69, 9.17) is 0 Å². The Morgan fingerprint density at radius 2 is 0.545 bits per heavy atom. The van der Waals surface area contributed by atoms with Crippen molar-refractivity contribution in [3.63, 3.8) is 0 Å². The molecule has 0 aromatic heterocycles. The van der Waals surface area contributed by atoms with Crippen LogP contribution in [0.3, 0.4) is 0 Å². The Bertz CT molecular complexity index is 688. The number of carboxylic acid groups (broad SMARTS) is 2. The molecule has 0 saturated carbocycles. The van der Waals surface area contributed by atoms with Gasteiger partial charge in [-0.05, 0) is 49.4 Å². The van der Waals surface area contributed by atoms with Crippen LogP contribution in [0.1, 0.15) is 235 Å². The first-order valence-corrected chi connectivity index (χ1v) is 23.8. The van der Waals surface area contributed by atoms with Crippen LogP contribution in [0.2, 0.25) is 0 Å². The number of hydrogen-bond donors (Lipinski definition) is 0. The van der Waals surface area contributed by atoms with Crippen LogP contribution in [0.5, 0.6) is 0 Å². The van der Waals surface area contributed by atoms with Crippen LogP contribution in [-0.2, 0) is 9.59 Å². The van der Waals surface area contributed by atoms with E-state index in [1.807, 2.05) is 0 Å². The number of unbranched alkanes of at least 4 members (excludes halogenated alkanes) is 20. The zero-order valence-electron chi connectivity index (χ0n) is 38.6. The fourth-order valence-corrected chi connectivity index (χ4v) is 7.99. The van der Waals surface area contributed by atoms with Crippen molar-refractivity contribution < 1.29 is 19.8 Å². The molecule has 0 fully saturated rings. The van der Waals surface area contributed by atoms with E-state index in [0.29, 0.717) is 23.7 Å². The molecule has 0 aromatic carbocycles. The van der Waals surface area contributed by atoms with Gasteiger partial charge in [-0.3, -0.25) is 9.80 Å². The molecule has 0 aromatic rings. The first kappa shape index (κ1) is 59.4. The van der Waals surface area contributed by atoms with Crippen molar-refractivity contribution in [2.45, 2.75) is 235 Å². The van der Waals surface area contributed by atoms with E-state index in [2.05, 4.69) is 65.2 Å². The molecule has 0 N–H and O–H groups in total. The molecule has 0 saturated heterocycles. The Labute approximate surface area is 374 Å². The van der Waals surface area contributed by atoms with E-state index in [9.17, 15) is 19.8 Å². The van der Waals surface area contributed by atoms with Crippen LogP contribution in [0, 0.1) is 23.7 Å². The molecule has 0 aliphatic carbocycles. The molecule has 0 aliphatic heterocycles. The third-order valence-electron chi connectivity index (χ3n) is 11.2. The molecule has 4 atom stereocenters. The molecule has 0 heterocycles. The Morgan fingerprint density at radius 1 is 0.364 bits per heavy atom. The maximum Gasteiger partial charge on any atom is 2.00 e. The Balaban J connectivity index is -0.000000966. The van der Waals surface area contributed by atoms with Crippen molar-refractivity contribution in [1.29, 1.82) is 0 Å². The van der Waals surface area contributed by atoms with Gasteiger partial charge in [0.05, 0.1) is 11.9 Å². The van der Waals surface area contributed by atoms with Gasteiger partial charge >= 0.3 is 37.7 Å². The van der Waals surface area contributed by atoms with Gasteiger partial charge in [0.1, 0.15) is 0 Å². The second-order valence-electron chi connectivity index (χ2n) is 17.8. The van der Waals surface area contributed by atoms with Gasteiger partial charge in [0.2, 0.25) is 0 Å². The van der Waals surface area contributed by atoms with Crippen molar-refractivity contribution in [3.05, 3.63) is 0 Å². The minimum Gasteiger partial charge on any atom is -0.549 e. The number of aliphatic carboxylic acids is 2. The van der Waals surface area contributed by atoms with Gasteiger partial charge in [0, 0.05) is 39.3 Å². The van der Waals surface area contributed by atoms with Crippen LogP contribution in [0.4, 0.5) is 0 Å². The molecule has 0 aliphatic rings. The predicted molar refractivity (Wildman–Crippen MR) is 237 cm³/mol. The average molecular weight is 805 g/mol. The van der Waals surface area contributed by atoms with Crippen LogP contribution in [-0.4, -0.2) is 98.7 Å². The molecular formula is C48H96CaN2O4. The van der Waals surface area contributed by atoms with Crippen LogP contribution >= 0.6 is 0 Å². The topological polar surface area (TPSA) is 86.7 Å². The predicted octanol–water partition coefficient (Wildman–Crippen LogP) is 11.2. The van der Waals surface area contributed by atoms with Crippen molar-refractivity contribution >= 4 is 49.7 Å². The summed E-state index contributed by atoms with van der Waals surface area (Å²) in [5.74, 6) is 0.393. The summed E-state index contributed by atoms with van der Waals surface area (Å²) in [6.07, 6.45) is 36.6. The van der Waals surface area contributed by atoms with Gasteiger partial charge < -0.3 is 19.8 Å². The Morgan fingerprint density at radius 3 is 0.727 bits per heavy atom. The van der Waals surface area contributed by atoms with Crippen molar-refractivity contribution in [2.24, 2.45) is 23.7 Å². The van der Waals surface area contributed by atoms with E-state index >= 15 is 0 Å². The molecule has 7 heteroatoms. The summed E-state index contributed by atoms with van der Waals surface area (Å²) in [7, 11) is 0. The molecular weight excluding hydrogens is 709 g/mol. The normalized spacial score (nSPS) is 13.6. The number of carboxylic acids is 2. The third kappa shape index (κ3) is 46.7. The molecule has 4 unspecified atom stereocenters. The first-order valence-electron chi connectivity index (χ1n) is 23.8. The van der Waals surface area contributed by atoms with E-state index in [1.165, 1.54) is 180 Å². The van der Waals surface area contributed by atoms with Crippen LogP contribution in [0.15, 0.2) is 0 Å². The van der Waals surface area contributed by atoms with Gasteiger partial charge in [-0.1, -0.05) is 209 Å². The Hall–Kier alpha value is 0.120. The van der Waals surface area contributed by atoms with Gasteiger partial charge in [-0.2, -0.15) is 0 Å². The fourth-order valence-electron chi connectivity index (χ4n) is 7.99. The number of hydrogen-bond acceptors (Lipinski definition) is 6. The molecule has 0 spiro atoms. The molecule has 6 nitrogen and oxygen atoms in total. The zero-order valence-corrected chi connectivity index (χ0v) is 40.8.